The number of hydrogen-bond acceptors (Lipinski definition) is 4. The number of ether oxygens (including phenoxy) is 1. The molecule has 1 aliphatic rings. The van der Waals surface area contributed by atoms with E-state index < -0.39 is 0 Å². The lowest BCUT2D eigenvalue weighted by Crippen LogP contribution is -2.48. The largest absolute Gasteiger partial charge is 0.396 e. The van der Waals surface area contributed by atoms with Crippen molar-refractivity contribution in [2.75, 3.05) is 51.9 Å². The quantitative estimate of drug-likeness (QED) is 0.490. The lowest BCUT2D eigenvalue weighted by Gasteiger charge is -2.30. The average molecular weight is 348 g/mol. The molecular weight excluding hydrogens is 316 g/mol. The third kappa shape index (κ3) is 5.61. The molecule has 6 nitrogen and oxygen atoms in total. The summed E-state index contributed by atoms with van der Waals surface area (Å²) in [6.07, 6.45) is 1.73. The fourth-order valence-electron chi connectivity index (χ4n) is 3.10. The first-order chi connectivity index (χ1) is 12.1. The summed E-state index contributed by atoms with van der Waals surface area (Å²) in [6.45, 7) is 5.39. The van der Waals surface area contributed by atoms with Crippen molar-refractivity contribution in [3.8, 4) is 0 Å². The molecule has 2 unspecified atom stereocenters. The van der Waals surface area contributed by atoms with Gasteiger partial charge in [0.2, 0.25) is 0 Å². The van der Waals surface area contributed by atoms with Gasteiger partial charge in [0.15, 0.2) is 5.96 Å². The SMILES string of the molecule is CN=C(NCC(C)N(C)c1ccccc1)NCC1(CCO)CCOC1. The van der Waals surface area contributed by atoms with Gasteiger partial charge < -0.3 is 25.4 Å². The number of nitrogens with zero attached hydrogens (tertiary/aromatic N) is 2. The Labute approximate surface area is 151 Å². The van der Waals surface area contributed by atoms with Crippen LogP contribution < -0.4 is 15.5 Å². The molecule has 1 heterocycles. The Bertz CT molecular complexity index is 529. The molecule has 0 spiro atoms. The standard InChI is InChI=1S/C19H32N4O2/c1-16(23(3)17-7-5-4-6-8-17)13-21-18(20-2)22-14-19(9-11-24)10-12-25-15-19/h4-8,16,24H,9-15H2,1-3H3,(H2,20,21,22). The van der Waals surface area contributed by atoms with E-state index in [-0.39, 0.29) is 12.0 Å². The molecule has 25 heavy (non-hydrogen) atoms. The van der Waals surface area contributed by atoms with Crippen LogP contribution in [0.5, 0.6) is 0 Å². The highest BCUT2D eigenvalue weighted by atomic mass is 16.5. The van der Waals surface area contributed by atoms with Gasteiger partial charge in [-0.05, 0) is 31.9 Å². The Morgan fingerprint density at radius 2 is 2.12 bits per heavy atom. The van der Waals surface area contributed by atoms with Crippen molar-refractivity contribution in [1.29, 1.82) is 0 Å². The molecule has 1 aromatic carbocycles. The van der Waals surface area contributed by atoms with Gasteiger partial charge in [0.1, 0.15) is 0 Å². The van der Waals surface area contributed by atoms with Gasteiger partial charge in [-0.1, -0.05) is 18.2 Å². The number of benzene rings is 1. The van der Waals surface area contributed by atoms with Crippen LogP contribution in [0.15, 0.2) is 35.3 Å². The predicted octanol–water partition coefficient (Wildman–Crippen LogP) is 1.47. The third-order valence-corrected chi connectivity index (χ3v) is 5.07. The van der Waals surface area contributed by atoms with Crippen LogP contribution in [0.4, 0.5) is 5.69 Å². The fraction of sp³-hybridized carbons (Fsp3) is 0.632. The monoisotopic (exact) mass is 348 g/mol. The highest BCUT2D eigenvalue weighted by Gasteiger charge is 2.34. The number of anilines is 1. The molecule has 1 fully saturated rings. The Balaban J connectivity index is 1.81. The van der Waals surface area contributed by atoms with E-state index in [1.165, 1.54) is 5.69 Å². The van der Waals surface area contributed by atoms with E-state index in [4.69, 9.17) is 4.74 Å². The Morgan fingerprint density at radius 1 is 1.36 bits per heavy atom. The van der Waals surface area contributed by atoms with Crippen LogP contribution in [0.2, 0.25) is 0 Å². The minimum absolute atomic E-state index is 0.0127. The molecule has 0 aliphatic carbocycles. The molecule has 6 heteroatoms. The number of aliphatic hydroxyl groups is 1. The van der Waals surface area contributed by atoms with Gasteiger partial charge in [-0.3, -0.25) is 4.99 Å². The van der Waals surface area contributed by atoms with Gasteiger partial charge in [0.05, 0.1) is 6.61 Å². The summed E-state index contributed by atoms with van der Waals surface area (Å²) < 4.78 is 5.54. The van der Waals surface area contributed by atoms with Crippen molar-refractivity contribution in [2.45, 2.75) is 25.8 Å². The summed E-state index contributed by atoms with van der Waals surface area (Å²) in [5.41, 5.74) is 1.21. The van der Waals surface area contributed by atoms with Crippen molar-refractivity contribution < 1.29 is 9.84 Å². The predicted molar refractivity (Wildman–Crippen MR) is 103 cm³/mol. The Kier molecular flexibility index (Phi) is 7.52. The number of nitrogens with one attached hydrogen (secondary N) is 2. The molecule has 0 radical (unpaired) electrons. The normalized spacial score (nSPS) is 21.8. The van der Waals surface area contributed by atoms with Crippen LogP contribution in [-0.2, 0) is 4.74 Å². The number of para-hydroxylation sites is 1. The van der Waals surface area contributed by atoms with Crippen molar-refractivity contribution in [1.82, 2.24) is 10.6 Å². The topological polar surface area (TPSA) is 69.1 Å². The Hall–Kier alpha value is -1.79. The number of hydrogen-bond donors (Lipinski definition) is 3. The molecule has 2 atom stereocenters. The van der Waals surface area contributed by atoms with Crippen LogP contribution in [0.1, 0.15) is 19.8 Å². The molecule has 0 aromatic heterocycles. The molecule has 1 aromatic rings. The minimum atomic E-state index is 0.0127. The molecule has 140 valence electrons. The van der Waals surface area contributed by atoms with Crippen molar-refractivity contribution >= 4 is 11.6 Å². The van der Waals surface area contributed by atoms with Gasteiger partial charge in [-0.2, -0.15) is 0 Å². The van der Waals surface area contributed by atoms with Crippen LogP contribution >= 0.6 is 0 Å². The summed E-state index contributed by atoms with van der Waals surface area (Å²) >= 11 is 0. The van der Waals surface area contributed by atoms with Gasteiger partial charge in [-0.25, -0.2) is 0 Å². The van der Waals surface area contributed by atoms with Crippen molar-refractivity contribution in [3.63, 3.8) is 0 Å². The second kappa shape index (κ2) is 9.63. The molecule has 0 amide bonds. The van der Waals surface area contributed by atoms with E-state index >= 15 is 0 Å². The van der Waals surface area contributed by atoms with Crippen LogP contribution in [0.3, 0.4) is 0 Å². The summed E-state index contributed by atoms with van der Waals surface area (Å²) in [5.74, 6) is 0.789. The van der Waals surface area contributed by atoms with Crippen molar-refractivity contribution in [2.24, 2.45) is 10.4 Å². The third-order valence-electron chi connectivity index (χ3n) is 5.07. The molecule has 1 saturated heterocycles. The van der Waals surface area contributed by atoms with Gasteiger partial charge >= 0.3 is 0 Å². The number of likely N-dealkylation sites (N-methyl/N-ethyl adjacent to an activating group) is 1. The molecule has 0 bridgehead atoms. The van der Waals surface area contributed by atoms with E-state index in [1.54, 1.807) is 7.05 Å². The van der Waals surface area contributed by atoms with E-state index in [9.17, 15) is 5.11 Å². The number of aliphatic hydroxyl groups excluding tert-OH is 1. The summed E-state index contributed by atoms with van der Waals surface area (Å²) in [7, 11) is 3.88. The highest BCUT2D eigenvalue weighted by Crippen LogP contribution is 2.31. The first-order valence-corrected chi connectivity index (χ1v) is 9.01. The molecule has 1 aliphatic heterocycles. The second-order valence-electron chi connectivity index (χ2n) is 6.88. The smallest absolute Gasteiger partial charge is 0.191 e. The molecule has 3 N–H and O–H groups in total. The first-order valence-electron chi connectivity index (χ1n) is 9.01. The van der Waals surface area contributed by atoms with Crippen LogP contribution in [-0.4, -0.2) is 64.1 Å². The zero-order valence-corrected chi connectivity index (χ0v) is 15.7. The Morgan fingerprint density at radius 3 is 2.72 bits per heavy atom. The van der Waals surface area contributed by atoms with Crippen LogP contribution in [0.25, 0.3) is 0 Å². The maximum Gasteiger partial charge on any atom is 0.191 e. The second-order valence-corrected chi connectivity index (χ2v) is 6.88. The summed E-state index contributed by atoms with van der Waals surface area (Å²) in [6, 6.07) is 10.7. The average Bonchev–Trinajstić information content (AvgIpc) is 3.11. The number of rotatable bonds is 8. The van der Waals surface area contributed by atoms with Crippen molar-refractivity contribution in [3.05, 3.63) is 30.3 Å². The first kappa shape index (κ1) is 19.5. The zero-order chi connectivity index (χ0) is 18.1. The molecular formula is C19H32N4O2. The lowest BCUT2D eigenvalue weighted by molar-refractivity contribution is 0.127. The molecule has 2 rings (SSSR count). The van der Waals surface area contributed by atoms with E-state index in [0.29, 0.717) is 12.6 Å². The number of aliphatic imine (C=N–C) groups is 1. The van der Waals surface area contributed by atoms with Crippen LogP contribution in [0, 0.1) is 5.41 Å². The van der Waals surface area contributed by atoms with Gasteiger partial charge in [0, 0.05) is 57.5 Å². The number of guanidine groups is 1. The van der Waals surface area contributed by atoms with E-state index in [0.717, 1.165) is 38.5 Å². The highest BCUT2D eigenvalue weighted by molar-refractivity contribution is 5.79. The maximum atomic E-state index is 9.33. The summed E-state index contributed by atoms with van der Waals surface area (Å²) in [4.78, 5) is 6.57. The fourth-order valence-corrected chi connectivity index (χ4v) is 3.10. The van der Waals surface area contributed by atoms with Gasteiger partial charge in [0.25, 0.3) is 0 Å². The summed E-state index contributed by atoms with van der Waals surface area (Å²) in [5, 5.41) is 16.1. The minimum Gasteiger partial charge on any atom is -0.396 e. The van der Waals surface area contributed by atoms with Gasteiger partial charge in [-0.15, -0.1) is 0 Å². The zero-order valence-electron chi connectivity index (χ0n) is 15.7. The van der Waals surface area contributed by atoms with E-state index in [2.05, 4.69) is 58.8 Å². The molecule has 0 saturated carbocycles. The lowest BCUT2D eigenvalue weighted by atomic mass is 9.84. The maximum absolute atomic E-state index is 9.33. The van der Waals surface area contributed by atoms with E-state index in [1.807, 2.05) is 6.07 Å².